The molecule has 1 saturated heterocycles. The molecule has 10 nitrogen and oxygen atoms in total. The molecule has 0 radical (unpaired) electrons. The summed E-state index contributed by atoms with van der Waals surface area (Å²) in [6.45, 7) is -0.353. The van der Waals surface area contributed by atoms with Gasteiger partial charge in [-0.1, -0.05) is 5.16 Å². The largest absolute Gasteiger partial charge is 0.337 e. The van der Waals surface area contributed by atoms with Crippen molar-refractivity contribution in [2.45, 2.75) is 6.54 Å². The summed E-state index contributed by atoms with van der Waals surface area (Å²) >= 11 is 0. The van der Waals surface area contributed by atoms with Crippen LogP contribution in [0.25, 0.3) is 11.4 Å². The number of carbonyl (C=O) groups excluding carboxylic acids is 3. The van der Waals surface area contributed by atoms with Gasteiger partial charge in [-0.15, -0.1) is 0 Å². The van der Waals surface area contributed by atoms with E-state index >= 15 is 0 Å². The lowest BCUT2D eigenvalue weighted by Gasteiger charge is -2.18. The summed E-state index contributed by atoms with van der Waals surface area (Å²) < 4.78 is 5.11. The molecule has 1 aliphatic rings. The number of aromatic nitrogens is 3. The first kappa shape index (κ1) is 15.6. The fraction of sp³-hybridized carbons (Fsp3) is 0.286. The van der Waals surface area contributed by atoms with Crippen LogP contribution >= 0.6 is 0 Å². The molecule has 0 atom stereocenters. The Morgan fingerprint density at radius 2 is 2.29 bits per heavy atom. The highest BCUT2D eigenvalue weighted by Gasteiger charge is 2.31. The molecule has 0 spiro atoms. The van der Waals surface area contributed by atoms with Gasteiger partial charge in [0.1, 0.15) is 6.54 Å². The molecule has 0 aromatic carbocycles. The van der Waals surface area contributed by atoms with E-state index in [0.29, 0.717) is 11.4 Å². The molecule has 3 heterocycles. The van der Waals surface area contributed by atoms with Gasteiger partial charge in [-0.25, -0.2) is 4.79 Å². The number of imide groups is 1. The average Bonchev–Trinajstić information content (AvgIpc) is 3.17. The molecule has 1 N–H and O–H groups in total. The molecule has 0 bridgehead atoms. The Labute approximate surface area is 136 Å². The quantitative estimate of drug-likeness (QED) is 0.743. The van der Waals surface area contributed by atoms with E-state index in [9.17, 15) is 14.4 Å². The number of urea groups is 1. The highest BCUT2D eigenvalue weighted by atomic mass is 16.5. The van der Waals surface area contributed by atoms with Gasteiger partial charge in [0.05, 0.1) is 13.1 Å². The first-order chi connectivity index (χ1) is 11.5. The number of likely N-dealkylation sites (N-methyl/N-ethyl adjacent to an activating group) is 1. The summed E-state index contributed by atoms with van der Waals surface area (Å²) in [6, 6.07) is 2.96. The molecule has 0 unspecified atom stereocenters. The zero-order chi connectivity index (χ0) is 17.1. The van der Waals surface area contributed by atoms with E-state index in [4.69, 9.17) is 4.52 Å². The van der Waals surface area contributed by atoms with Gasteiger partial charge in [0.25, 0.3) is 5.91 Å². The van der Waals surface area contributed by atoms with E-state index < -0.39 is 17.8 Å². The zero-order valence-corrected chi connectivity index (χ0v) is 12.8. The topological polar surface area (TPSA) is 122 Å². The maximum atomic E-state index is 12.1. The zero-order valence-electron chi connectivity index (χ0n) is 12.8. The van der Waals surface area contributed by atoms with E-state index in [0.717, 1.165) is 4.90 Å². The van der Waals surface area contributed by atoms with Crippen molar-refractivity contribution in [3.63, 3.8) is 0 Å². The number of carbonyl (C=O) groups is 3. The molecule has 1 fully saturated rings. The van der Waals surface area contributed by atoms with E-state index in [2.05, 4.69) is 20.4 Å². The summed E-state index contributed by atoms with van der Waals surface area (Å²) in [6.07, 6.45) is 3.23. The minimum absolute atomic E-state index is 0.0652. The van der Waals surface area contributed by atoms with Crippen molar-refractivity contribution in [3.8, 4) is 11.4 Å². The lowest BCUT2D eigenvalue weighted by Crippen LogP contribution is -2.41. The number of hydrogen-bond acceptors (Lipinski definition) is 7. The van der Waals surface area contributed by atoms with Crippen LogP contribution in [0.1, 0.15) is 5.89 Å². The summed E-state index contributed by atoms with van der Waals surface area (Å²) in [4.78, 5) is 45.4. The Bertz CT molecular complexity index is 759. The number of rotatable bonds is 5. The monoisotopic (exact) mass is 330 g/mol. The second-order valence-electron chi connectivity index (χ2n) is 5.14. The van der Waals surface area contributed by atoms with Crippen LogP contribution < -0.4 is 5.32 Å². The fourth-order valence-corrected chi connectivity index (χ4v) is 2.09. The maximum Gasteiger partial charge on any atom is 0.325 e. The van der Waals surface area contributed by atoms with Crippen molar-refractivity contribution in [1.82, 2.24) is 30.2 Å². The maximum absolute atomic E-state index is 12.1. The number of hydrogen-bond donors (Lipinski definition) is 1. The van der Waals surface area contributed by atoms with Gasteiger partial charge in [-0.2, -0.15) is 4.98 Å². The first-order valence-electron chi connectivity index (χ1n) is 7.10. The Kier molecular flexibility index (Phi) is 4.18. The second kappa shape index (κ2) is 6.44. The van der Waals surface area contributed by atoms with Gasteiger partial charge < -0.3 is 14.7 Å². The minimum Gasteiger partial charge on any atom is -0.337 e. The smallest absolute Gasteiger partial charge is 0.325 e. The number of nitrogens with zero attached hydrogens (tertiary/aromatic N) is 5. The van der Waals surface area contributed by atoms with Crippen LogP contribution in [0.4, 0.5) is 4.79 Å². The first-order valence-corrected chi connectivity index (χ1v) is 7.10. The Hall–Kier alpha value is -3.30. The summed E-state index contributed by atoms with van der Waals surface area (Å²) in [5.74, 6) is -0.241. The molecule has 2 aromatic heterocycles. The Morgan fingerprint density at radius 1 is 1.46 bits per heavy atom. The predicted molar refractivity (Wildman–Crippen MR) is 79.1 cm³/mol. The Balaban J connectivity index is 1.61. The molecule has 124 valence electrons. The molecule has 4 amide bonds. The number of pyridine rings is 1. The summed E-state index contributed by atoms with van der Waals surface area (Å²) in [5, 5.41) is 6.19. The van der Waals surface area contributed by atoms with Gasteiger partial charge in [-0.3, -0.25) is 19.5 Å². The average molecular weight is 330 g/mol. The number of nitrogens with one attached hydrogen (secondary N) is 1. The highest BCUT2D eigenvalue weighted by molar-refractivity contribution is 6.04. The van der Waals surface area contributed by atoms with E-state index in [1.54, 1.807) is 24.5 Å². The van der Waals surface area contributed by atoms with Gasteiger partial charge in [0.2, 0.25) is 17.6 Å². The van der Waals surface area contributed by atoms with Crippen LogP contribution in [0.3, 0.4) is 0 Å². The molecule has 10 heteroatoms. The van der Waals surface area contributed by atoms with Crippen molar-refractivity contribution < 1.29 is 18.9 Å². The van der Waals surface area contributed by atoms with Crippen LogP contribution in [-0.2, 0) is 16.1 Å². The molecule has 3 rings (SSSR count). The van der Waals surface area contributed by atoms with Crippen LogP contribution in [0.5, 0.6) is 0 Å². The van der Waals surface area contributed by atoms with Crippen molar-refractivity contribution in [1.29, 1.82) is 0 Å². The normalized spacial score (nSPS) is 14.0. The van der Waals surface area contributed by atoms with Gasteiger partial charge in [0, 0.05) is 25.0 Å². The van der Waals surface area contributed by atoms with Gasteiger partial charge in [0.15, 0.2) is 0 Å². The van der Waals surface area contributed by atoms with E-state index in [1.807, 2.05) is 0 Å². The lowest BCUT2D eigenvalue weighted by atomic mass is 10.3. The van der Waals surface area contributed by atoms with Crippen LogP contribution in [0.2, 0.25) is 0 Å². The molecular weight excluding hydrogens is 316 g/mol. The van der Waals surface area contributed by atoms with Crippen molar-refractivity contribution in [2.75, 3.05) is 20.1 Å². The van der Waals surface area contributed by atoms with Crippen molar-refractivity contribution in [2.24, 2.45) is 0 Å². The Morgan fingerprint density at radius 3 is 2.96 bits per heavy atom. The summed E-state index contributed by atoms with van der Waals surface area (Å²) in [5.41, 5.74) is 0.695. The van der Waals surface area contributed by atoms with E-state index in [-0.39, 0.29) is 25.5 Å². The van der Waals surface area contributed by atoms with Crippen molar-refractivity contribution in [3.05, 3.63) is 30.4 Å². The van der Waals surface area contributed by atoms with Crippen molar-refractivity contribution >= 4 is 17.8 Å². The van der Waals surface area contributed by atoms with Crippen LogP contribution in [0, 0.1) is 0 Å². The van der Waals surface area contributed by atoms with Crippen LogP contribution in [-0.4, -0.2) is 62.9 Å². The highest BCUT2D eigenvalue weighted by Crippen LogP contribution is 2.14. The molecular formula is C14H14N6O4. The SMILES string of the molecule is CN(Cc1nc(-c2cccnc2)no1)C(=O)CN1C(=O)CNC1=O. The standard InChI is InChI=1S/C14H14N6O4/c1-19(12(22)8-20-11(21)6-16-14(20)23)7-10-17-13(18-24-10)9-3-2-4-15-5-9/h2-5H,6-8H2,1H3,(H,16,23). The third kappa shape index (κ3) is 3.21. The fourth-order valence-electron chi connectivity index (χ4n) is 2.09. The predicted octanol–water partition coefficient (Wildman–Crippen LogP) is -0.358. The van der Waals surface area contributed by atoms with E-state index in [1.165, 1.54) is 11.9 Å². The molecule has 0 saturated carbocycles. The third-order valence-electron chi connectivity index (χ3n) is 3.42. The van der Waals surface area contributed by atoms with Gasteiger partial charge in [-0.05, 0) is 12.1 Å². The van der Waals surface area contributed by atoms with Crippen LogP contribution in [0.15, 0.2) is 29.0 Å². The molecule has 1 aliphatic heterocycles. The summed E-state index contributed by atoms with van der Waals surface area (Å²) in [7, 11) is 1.52. The molecule has 0 aliphatic carbocycles. The molecule has 2 aromatic rings. The number of amides is 4. The minimum atomic E-state index is -0.571. The van der Waals surface area contributed by atoms with Gasteiger partial charge >= 0.3 is 6.03 Å². The molecule has 24 heavy (non-hydrogen) atoms. The third-order valence-corrected chi connectivity index (χ3v) is 3.42. The lowest BCUT2D eigenvalue weighted by molar-refractivity contribution is -0.136. The second-order valence-corrected chi connectivity index (χ2v) is 5.14.